The second kappa shape index (κ2) is 8.77. The SMILES string of the molecule is COc1cccc(C(=O)N(Cc2ccc(-c3ccc(Cl)cc3)o2)[C@H]2CCS(=O)(=O)C2)c1. The first-order chi connectivity index (χ1) is 14.8. The molecule has 1 aromatic heterocycles. The van der Waals surface area contributed by atoms with E-state index in [9.17, 15) is 13.2 Å². The Morgan fingerprint density at radius 3 is 2.61 bits per heavy atom. The molecule has 1 aliphatic rings. The predicted octanol–water partition coefficient (Wildman–Crippen LogP) is 4.44. The molecular formula is C23H22ClNO5S. The number of furan rings is 1. The van der Waals surface area contributed by atoms with Crippen molar-refractivity contribution in [3.63, 3.8) is 0 Å². The lowest BCUT2D eigenvalue weighted by molar-refractivity contribution is 0.0666. The molecule has 162 valence electrons. The first-order valence-corrected chi connectivity index (χ1v) is 12.0. The van der Waals surface area contributed by atoms with Crippen LogP contribution in [0.4, 0.5) is 0 Å². The number of hydrogen-bond acceptors (Lipinski definition) is 5. The third-order valence-electron chi connectivity index (χ3n) is 5.34. The number of amides is 1. The van der Waals surface area contributed by atoms with E-state index in [2.05, 4.69) is 0 Å². The maximum absolute atomic E-state index is 13.3. The van der Waals surface area contributed by atoms with Gasteiger partial charge in [-0.05, 0) is 61.0 Å². The van der Waals surface area contributed by atoms with Crippen LogP contribution >= 0.6 is 11.6 Å². The number of hydrogen-bond donors (Lipinski definition) is 0. The quantitative estimate of drug-likeness (QED) is 0.544. The molecule has 8 heteroatoms. The van der Waals surface area contributed by atoms with E-state index in [4.69, 9.17) is 20.8 Å². The molecule has 0 bridgehead atoms. The van der Waals surface area contributed by atoms with Gasteiger partial charge in [-0.3, -0.25) is 4.79 Å². The summed E-state index contributed by atoms with van der Waals surface area (Å²) in [5.74, 6) is 1.56. The average molecular weight is 460 g/mol. The molecule has 1 saturated heterocycles. The maximum atomic E-state index is 13.3. The van der Waals surface area contributed by atoms with Crippen LogP contribution in [0, 0.1) is 0 Å². The Balaban J connectivity index is 1.62. The van der Waals surface area contributed by atoms with E-state index in [1.807, 2.05) is 18.2 Å². The molecule has 0 spiro atoms. The van der Waals surface area contributed by atoms with Crippen LogP contribution in [-0.4, -0.2) is 43.9 Å². The van der Waals surface area contributed by atoms with E-state index in [-0.39, 0.29) is 24.0 Å². The van der Waals surface area contributed by atoms with Crippen molar-refractivity contribution in [1.82, 2.24) is 4.90 Å². The van der Waals surface area contributed by atoms with Crippen molar-refractivity contribution >= 4 is 27.3 Å². The van der Waals surface area contributed by atoms with Gasteiger partial charge in [0.2, 0.25) is 0 Å². The van der Waals surface area contributed by atoms with Crippen molar-refractivity contribution < 1.29 is 22.4 Å². The standard InChI is InChI=1S/C23H22ClNO5S/c1-29-20-4-2-3-17(13-20)23(26)25(19-11-12-31(27,28)15-19)14-21-9-10-22(30-21)16-5-7-18(24)8-6-16/h2-10,13,19H,11-12,14-15H2,1H3/t19-/m0/s1. The second-order valence-electron chi connectivity index (χ2n) is 7.49. The third-order valence-corrected chi connectivity index (χ3v) is 7.35. The number of rotatable bonds is 6. The molecular weight excluding hydrogens is 438 g/mol. The van der Waals surface area contributed by atoms with E-state index < -0.39 is 15.9 Å². The van der Waals surface area contributed by atoms with E-state index in [0.29, 0.717) is 34.3 Å². The van der Waals surface area contributed by atoms with E-state index in [0.717, 1.165) is 5.56 Å². The molecule has 2 heterocycles. The zero-order valence-electron chi connectivity index (χ0n) is 17.0. The van der Waals surface area contributed by atoms with Crippen LogP contribution in [0.1, 0.15) is 22.5 Å². The zero-order chi connectivity index (χ0) is 22.0. The van der Waals surface area contributed by atoms with Gasteiger partial charge in [-0.1, -0.05) is 17.7 Å². The summed E-state index contributed by atoms with van der Waals surface area (Å²) in [5.41, 5.74) is 1.30. The highest BCUT2D eigenvalue weighted by Crippen LogP contribution is 2.27. The second-order valence-corrected chi connectivity index (χ2v) is 10.2. The van der Waals surface area contributed by atoms with Gasteiger partial charge in [-0.15, -0.1) is 0 Å². The summed E-state index contributed by atoms with van der Waals surface area (Å²) in [4.78, 5) is 14.9. The number of halogens is 1. The number of carbonyl (C=O) groups is 1. The van der Waals surface area contributed by atoms with Gasteiger partial charge in [0.15, 0.2) is 9.84 Å². The fourth-order valence-corrected chi connectivity index (χ4v) is 5.57. The van der Waals surface area contributed by atoms with Crippen molar-refractivity contribution in [3.05, 3.63) is 77.0 Å². The average Bonchev–Trinajstić information content (AvgIpc) is 3.38. The van der Waals surface area contributed by atoms with Crippen LogP contribution in [0.5, 0.6) is 5.75 Å². The van der Waals surface area contributed by atoms with Gasteiger partial charge in [0.05, 0.1) is 25.2 Å². The van der Waals surface area contributed by atoms with Crippen LogP contribution in [0.3, 0.4) is 0 Å². The molecule has 0 saturated carbocycles. The summed E-state index contributed by atoms with van der Waals surface area (Å²) in [6.07, 6.45) is 0.406. The lowest BCUT2D eigenvalue weighted by Gasteiger charge is -2.27. The van der Waals surface area contributed by atoms with E-state index in [1.165, 1.54) is 7.11 Å². The van der Waals surface area contributed by atoms with Crippen molar-refractivity contribution in [2.24, 2.45) is 0 Å². The van der Waals surface area contributed by atoms with Crippen molar-refractivity contribution in [2.45, 2.75) is 19.0 Å². The van der Waals surface area contributed by atoms with Gasteiger partial charge >= 0.3 is 0 Å². The molecule has 0 radical (unpaired) electrons. The molecule has 2 aromatic carbocycles. The van der Waals surface area contributed by atoms with Gasteiger partial charge < -0.3 is 14.1 Å². The zero-order valence-corrected chi connectivity index (χ0v) is 18.5. The van der Waals surface area contributed by atoms with Gasteiger partial charge in [0.25, 0.3) is 5.91 Å². The molecule has 0 unspecified atom stereocenters. The monoisotopic (exact) mass is 459 g/mol. The number of ether oxygens (including phenoxy) is 1. The number of benzene rings is 2. The topological polar surface area (TPSA) is 76.8 Å². The molecule has 1 fully saturated rings. The van der Waals surface area contributed by atoms with E-state index in [1.54, 1.807) is 47.4 Å². The molecule has 4 rings (SSSR count). The van der Waals surface area contributed by atoms with Gasteiger partial charge in [0.1, 0.15) is 17.3 Å². The summed E-state index contributed by atoms with van der Waals surface area (Å²) >= 11 is 5.95. The highest BCUT2D eigenvalue weighted by molar-refractivity contribution is 7.91. The lowest BCUT2D eigenvalue weighted by Crippen LogP contribution is -2.40. The molecule has 1 aliphatic heterocycles. The molecule has 0 N–H and O–H groups in total. The number of sulfone groups is 1. The van der Waals surface area contributed by atoms with Gasteiger partial charge in [0, 0.05) is 22.2 Å². The van der Waals surface area contributed by atoms with Crippen LogP contribution in [-0.2, 0) is 16.4 Å². The molecule has 1 atom stereocenters. The minimum absolute atomic E-state index is 0.0482. The van der Waals surface area contributed by atoms with Crippen LogP contribution in [0.15, 0.2) is 65.1 Å². The largest absolute Gasteiger partial charge is 0.497 e. The van der Waals surface area contributed by atoms with Crippen LogP contribution in [0.2, 0.25) is 5.02 Å². The van der Waals surface area contributed by atoms with E-state index >= 15 is 0 Å². The molecule has 0 aliphatic carbocycles. The highest BCUT2D eigenvalue weighted by atomic mass is 35.5. The van der Waals surface area contributed by atoms with Crippen LogP contribution < -0.4 is 4.74 Å². The summed E-state index contributed by atoms with van der Waals surface area (Å²) in [6, 6.07) is 17.3. The summed E-state index contributed by atoms with van der Waals surface area (Å²) in [6.45, 7) is 0.170. The Bertz CT molecular complexity index is 1190. The summed E-state index contributed by atoms with van der Waals surface area (Å²) < 4.78 is 35.4. The lowest BCUT2D eigenvalue weighted by atomic mass is 10.1. The minimum atomic E-state index is -3.16. The number of methoxy groups -OCH3 is 1. The Hall–Kier alpha value is -2.77. The molecule has 3 aromatic rings. The summed E-state index contributed by atoms with van der Waals surface area (Å²) in [5, 5.41) is 0.632. The fourth-order valence-electron chi connectivity index (χ4n) is 3.71. The van der Waals surface area contributed by atoms with Gasteiger partial charge in [-0.2, -0.15) is 0 Å². The van der Waals surface area contributed by atoms with Crippen LogP contribution in [0.25, 0.3) is 11.3 Å². The molecule has 6 nitrogen and oxygen atoms in total. The Morgan fingerprint density at radius 2 is 1.94 bits per heavy atom. The summed E-state index contributed by atoms with van der Waals surface area (Å²) in [7, 11) is -1.63. The first-order valence-electron chi connectivity index (χ1n) is 9.85. The molecule has 1 amide bonds. The number of nitrogens with zero attached hydrogens (tertiary/aromatic N) is 1. The van der Waals surface area contributed by atoms with Gasteiger partial charge in [-0.25, -0.2) is 8.42 Å². The Labute approximate surface area is 186 Å². The highest BCUT2D eigenvalue weighted by Gasteiger charge is 2.35. The molecule has 31 heavy (non-hydrogen) atoms. The Kier molecular flexibility index (Phi) is 6.07. The predicted molar refractivity (Wildman–Crippen MR) is 119 cm³/mol. The maximum Gasteiger partial charge on any atom is 0.254 e. The smallest absolute Gasteiger partial charge is 0.254 e. The van der Waals surface area contributed by atoms with Crippen molar-refractivity contribution in [1.29, 1.82) is 0 Å². The fraction of sp³-hybridized carbons (Fsp3) is 0.261. The first kappa shape index (κ1) is 21.5. The minimum Gasteiger partial charge on any atom is -0.497 e. The Morgan fingerprint density at radius 1 is 1.16 bits per heavy atom. The number of carbonyl (C=O) groups excluding carboxylic acids is 1. The van der Waals surface area contributed by atoms with Crippen molar-refractivity contribution in [3.8, 4) is 17.1 Å². The normalized spacial score (nSPS) is 17.4. The third kappa shape index (κ3) is 4.94. The van der Waals surface area contributed by atoms with Crippen molar-refractivity contribution in [2.75, 3.05) is 18.6 Å².